The van der Waals surface area contributed by atoms with E-state index in [9.17, 15) is 8.42 Å². The first-order valence-corrected chi connectivity index (χ1v) is 9.22. The first-order valence-electron chi connectivity index (χ1n) is 6.11. The van der Waals surface area contributed by atoms with Crippen molar-refractivity contribution in [2.45, 2.75) is 35.1 Å². The molecule has 1 aromatic rings. The van der Waals surface area contributed by atoms with E-state index in [0.29, 0.717) is 10.9 Å². The second-order valence-corrected chi connectivity index (χ2v) is 7.59. The van der Waals surface area contributed by atoms with Crippen LogP contribution in [0.4, 0.5) is 0 Å². The molecule has 18 heavy (non-hydrogen) atoms. The van der Waals surface area contributed by atoms with Crippen LogP contribution >= 0.6 is 11.8 Å². The van der Waals surface area contributed by atoms with Crippen LogP contribution in [0.2, 0.25) is 0 Å². The Labute approximate surface area is 113 Å². The molecule has 1 aromatic carbocycles. The molecule has 5 heteroatoms. The van der Waals surface area contributed by atoms with Crippen molar-refractivity contribution >= 4 is 21.6 Å². The Bertz CT molecular complexity index is 520. The molecule has 0 saturated carbocycles. The fraction of sp³-hybridized carbons (Fsp3) is 0.538. The minimum atomic E-state index is -3.14. The average molecular weight is 285 g/mol. The SMILES string of the molecule is CSc1ccc(CC2CCCN2)cc1S(C)(=O)=O. The summed E-state index contributed by atoms with van der Waals surface area (Å²) in [6, 6.07) is 6.30. The Hall–Kier alpha value is -0.520. The van der Waals surface area contributed by atoms with Gasteiger partial charge < -0.3 is 5.32 Å². The van der Waals surface area contributed by atoms with Gasteiger partial charge in [-0.2, -0.15) is 0 Å². The zero-order chi connectivity index (χ0) is 13.2. The van der Waals surface area contributed by atoms with Crippen LogP contribution in [0.25, 0.3) is 0 Å². The van der Waals surface area contributed by atoms with Gasteiger partial charge in [-0.3, -0.25) is 0 Å². The summed E-state index contributed by atoms with van der Waals surface area (Å²) in [5.74, 6) is 0. The molecule has 1 heterocycles. The molecule has 1 atom stereocenters. The van der Waals surface area contributed by atoms with Crippen LogP contribution in [0.3, 0.4) is 0 Å². The van der Waals surface area contributed by atoms with Gasteiger partial charge in [-0.25, -0.2) is 8.42 Å². The lowest BCUT2D eigenvalue weighted by Gasteiger charge is -2.12. The molecule has 0 aliphatic carbocycles. The lowest BCUT2D eigenvalue weighted by atomic mass is 10.0. The molecular formula is C13H19NO2S2. The van der Waals surface area contributed by atoms with Crippen LogP contribution < -0.4 is 5.32 Å². The molecule has 1 aliphatic rings. The van der Waals surface area contributed by atoms with Crippen molar-refractivity contribution in [1.29, 1.82) is 0 Å². The summed E-state index contributed by atoms with van der Waals surface area (Å²) < 4.78 is 23.5. The standard InChI is InChI=1S/C13H19NO2S2/c1-17-12-6-5-10(8-11-4-3-7-14-11)9-13(12)18(2,15)16/h5-6,9,11,14H,3-4,7-8H2,1-2H3. The maximum atomic E-state index is 11.8. The van der Waals surface area contributed by atoms with Gasteiger partial charge in [0.2, 0.25) is 0 Å². The van der Waals surface area contributed by atoms with Gasteiger partial charge >= 0.3 is 0 Å². The molecule has 100 valence electrons. The Kier molecular flexibility index (Phi) is 4.35. The summed E-state index contributed by atoms with van der Waals surface area (Å²) in [5.41, 5.74) is 1.10. The Morgan fingerprint density at radius 3 is 2.78 bits per heavy atom. The van der Waals surface area contributed by atoms with E-state index in [2.05, 4.69) is 5.32 Å². The van der Waals surface area contributed by atoms with E-state index in [1.807, 2.05) is 24.5 Å². The molecule has 1 aliphatic heterocycles. The maximum absolute atomic E-state index is 11.8. The predicted molar refractivity (Wildman–Crippen MR) is 76.1 cm³/mol. The Morgan fingerprint density at radius 2 is 2.22 bits per heavy atom. The number of hydrogen-bond donors (Lipinski definition) is 1. The Balaban J connectivity index is 2.27. The number of nitrogens with one attached hydrogen (secondary N) is 1. The van der Waals surface area contributed by atoms with Crippen LogP contribution in [0.5, 0.6) is 0 Å². The number of rotatable bonds is 4. The molecule has 3 nitrogen and oxygen atoms in total. The van der Waals surface area contributed by atoms with Crippen molar-refractivity contribution in [2.75, 3.05) is 19.1 Å². The molecule has 0 spiro atoms. The summed E-state index contributed by atoms with van der Waals surface area (Å²) in [7, 11) is -3.14. The van der Waals surface area contributed by atoms with Gasteiger partial charge in [0.1, 0.15) is 0 Å². The van der Waals surface area contributed by atoms with Gasteiger partial charge in [0, 0.05) is 17.2 Å². The predicted octanol–water partition coefficient (Wildman–Crippen LogP) is 2.11. The van der Waals surface area contributed by atoms with Gasteiger partial charge in [0.05, 0.1) is 4.90 Å². The van der Waals surface area contributed by atoms with Gasteiger partial charge in [0.15, 0.2) is 9.84 Å². The third kappa shape index (κ3) is 3.28. The topological polar surface area (TPSA) is 46.2 Å². The van der Waals surface area contributed by atoms with Crippen molar-refractivity contribution < 1.29 is 8.42 Å². The molecule has 1 unspecified atom stereocenters. The second kappa shape index (κ2) is 5.63. The number of hydrogen-bond acceptors (Lipinski definition) is 4. The van der Waals surface area contributed by atoms with Crippen molar-refractivity contribution in [3.05, 3.63) is 23.8 Å². The third-order valence-electron chi connectivity index (χ3n) is 3.27. The largest absolute Gasteiger partial charge is 0.314 e. The van der Waals surface area contributed by atoms with E-state index < -0.39 is 9.84 Å². The summed E-state index contributed by atoms with van der Waals surface area (Å²) in [6.45, 7) is 1.08. The van der Waals surface area contributed by atoms with Gasteiger partial charge in [-0.15, -0.1) is 11.8 Å². The lowest BCUT2D eigenvalue weighted by Crippen LogP contribution is -2.23. The van der Waals surface area contributed by atoms with Crippen molar-refractivity contribution in [3.63, 3.8) is 0 Å². The highest BCUT2D eigenvalue weighted by molar-refractivity contribution is 7.99. The van der Waals surface area contributed by atoms with Gasteiger partial charge in [-0.05, 0) is 49.8 Å². The molecular weight excluding hydrogens is 266 g/mol. The third-order valence-corrected chi connectivity index (χ3v) is 5.33. The van der Waals surface area contributed by atoms with Crippen LogP contribution in [0.1, 0.15) is 18.4 Å². The fourth-order valence-corrected chi connectivity index (χ4v) is 4.32. The van der Waals surface area contributed by atoms with E-state index in [4.69, 9.17) is 0 Å². The van der Waals surface area contributed by atoms with Gasteiger partial charge in [0.25, 0.3) is 0 Å². The highest BCUT2D eigenvalue weighted by atomic mass is 32.2. The molecule has 0 bridgehead atoms. The zero-order valence-electron chi connectivity index (χ0n) is 10.8. The van der Waals surface area contributed by atoms with E-state index in [0.717, 1.165) is 23.4 Å². The normalized spacial score (nSPS) is 20.2. The number of benzene rings is 1. The zero-order valence-corrected chi connectivity index (χ0v) is 12.4. The summed E-state index contributed by atoms with van der Waals surface area (Å²) >= 11 is 1.48. The van der Waals surface area contributed by atoms with Crippen molar-refractivity contribution in [3.8, 4) is 0 Å². The summed E-state index contributed by atoms with van der Waals surface area (Å²) in [5, 5.41) is 3.44. The molecule has 0 radical (unpaired) electrons. The highest BCUT2D eigenvalue weighted by Crippen LogP contribution is 2.26. The quantitative estimate of drug-likeness (QED) is 0.861. The smallest absolute Gasteiger partial charge is 0.176 e. The average Bonchev–Trinajstić information content (AvgIpc) is 2.80. The maximum Gasteiger partial charge on any atom is 0.176 e. The van der Waals surface area contributed by atoms with Crippen LogP contribution in [-0.4, -0.2) is 33.5 Å². The van der Waals surface area contributed by atoms with Crippen LogP contribution in [0, 0.1) is 0 Å². The van der Waals surface area contributed by atoms with E-state index in [1.165, 1.54) is 30.9 Å². The number of sulfone groups is 1. The minimum absolute atomic E-state index is 0.463. The van der Waals surface area contributed by atoms with E-state index in [-0.39, 0.29) is 0 Å². The molecule has 0 aromatic heterocycles. The molecule has 1 fully saturated rings. The minimum Gasteiger partial charge on any atom is -0.314 e. The lowest BCUT2D eigenvalue weighted by molar-refractivity contribution is 0.594. The fourth-order valence-electron chi connectivity index (χ4n) is 2.35. The molecule has 0 amide bonds. The first-order chi connectivity index (χ1) is 8.50. The molecule has 1 N–H and O–H groups in total. The molecule has 2 rings (SSSR count). The second-order valence-electron chi connectivity index (χ2n) is 4.75. The van der Waals surface area contributed by atoms with Gasteiger partial charge in [-0.1, -0.05) is 6.07 Å². The monoisotopic (exact) mass is 285 g/mol. The Morgan fingerprint density at radius 1 is 1.44 bits per heavy atom. The first kappa shape index (κ1) is 13.9. The van der Waals surface area contributed by atoms with Crippen molar-refractivity contribution in [1.82, 2.24) is 5.32 Å². The van der Waals surface area contributed by atoms with Crippen molar-refractivity contribution in [2.24, 2.45) is 0 Å². The summed E-state index contributed by atoms with van der Waals surface area (Å²) in [6.07, 6.45) is 6.49. The van der Waals surface area contributed by atoms with E-state index in [1.54, 1.807) is 0 Å². The highest BCUT2D eigenvalue weighted by Gasteiger charge is 2.17. The summed E-state index contributed by atoms with van der Waals surface area (Å²) in [4.78, 5) is 1.30. The van der Waals surface area contributed by atoms with Crippen LogP contribution in [0.15, 0.2) is 28.0 Å². The van der Waals surface area contributed by atoms with E-state index >= 15 is 0 Å². The number of thioether (sulfide) groups is 1. The molecule has 1 saturated heterocycles. The van der Waals surface area contributed by atoms with Crippen LogP contribution in [-0.2, 0) is 16.3 Å².